The van der Waals surface area contributed by atoms with E-state index in [-0.39, 0.29) is 24.6 Å². The quantitative estimate of drug-likeness (QED) is 0.469. The Morgan fingerprint density at radius 2 is 1.97 bits per heavy atom. The second-order valence-electron chi connectivity index (χ2n) is 7.48. The molecule has 1 aromatic carbocycles. The van der Waals surface area contributed by atoms with E-state index in [1.54, 1.807) is 12.1 Å². The molecule has 0 spiro atoms. The Bertz CT molecular complexity index is 1230. The third kappa shape index (κ3) is 5.49. The van der Waals surface area contributed by atoms with E-state index >= 15 is 0 Å². The lowest BCUT2D eigenvalue weighted by Crippen LogP contribution is -2.27. The number of carbonyl (C=O) groups excluding carboxylic acids is 1. The van der Waals surface area contributed by atoms with Crippen LogP contribution in [0.25, 0.3) is 11.5 Å². The van der Waals surface area contributed by atoms with Gasteiger partial charge in [-0.3, -0.25) is 9.59 Å². The summed E-state index contributed by atoms with van der Waals surface area (Å²) in [7, 11) is 0. The van der Waals surface area contributed by atoms with Gasteiger partial charge in [0, 0.05) is 24.4 Å². The summed E-state index contributed by atoms with van der Waals surface area (Å²) in [5, 5.41) is 6.82. The van der Waals surface area contributed by atoms with Gasteiger partial charge in [-0.05, 0) is 30.0 Å². The van der Waals surface area contributed by atoms with Crippen molar-refractivity contribution < 1.29 is 22.7 Å². The van der Waals surface area contributed by atoms with Gasteiger partial charge >= 0.3 is 12.4 Å². The van der Waals surface area contributed by atoms with Gasteiger partial charge in [0.25, 0.3) is 11.4 Å². The van der Waals surface area contributed by atoms with Crippen molar-refractivity contribution in [2.45, 2.75) is 31.7 Å². The number of rotatable bonds is 8. The van der Waals surface area contributed by atoms with Crippen molar-refractivity contribution in [3.8, 4) is 11.5 Å². The number of ether oxygens (including phenoxy) is 1. The van der Waals surface area contributed by atoms with Crippen molar-refractivity contribution in [1.82, 2.24) is 14.8 Å². The molecule has 170 valence electrons. The zero-order valence-corrected chi connectivity index (χ0v) is 17.6. The molecule has 7 nitrogen and oxygen atoms in total. The number of pyridine rings is 1. The number of hydrogen-bond donors (Lipinski definition) is 0. The molecule has 2 aromatic heterocycles. The van der Waals surface area contributed by atoms with Gasteiger partial charge in [0.05, 0.1) is 5.92 Å². The van der Waals surface area contributed by atoms with Crippen molar-refractivity contribution in [2.75, 3.05) is 6.61 Å². The number of benzene rings is 1. The fourth-order valence-electron chi connectivity index (χ4n) is 3.46. The molecule has 0 aliphatic heterocycles. The van der Waals surface area contributed by atoms with Crippen LogP contribution in [-0.4, -0.2) is 27.3 Å². The molecule has 0 bridgehead atoms. The lowest BCUT2D eigenvalue weighted by Gasteiger charge is -2.18. The molecule has 3 aromatic rings. The Kier molecular flexibility index (Phi) is 6.87. The minimum atomic E-state index is -2.90. The molecule has 0 radical (unpaired) electrons. The van der Waals surface area contributed by atoms with Gasteiger partial charge in [-0.25, -0.2) is 0 Å². The van der Waals surface area contributed by atoms with Gasteiger partial charge in [0.1, 0.15) is 6.61 Å². The van der Waals surface area contributed by atoms with E-state index < -0.39 is 29.8 Å². The normalized spacial score (nSPS) is 14.2. The molecule has 1 unspecified atom stereocenters. The first-order chi connectivity index (χ1) is 16.0. The molecule has 1 aliphatic carbocycles. The minimum absolute atomic E-state index is 0.0446. The van der Waals surface area contributed by atoms with E-state index in [9.17, 15) is 18.4 Å². The van der Waals surface area contributed by atoms with Crippen LogP contribution in [-0.2, 0) is 16.1 Å². The van der Waals surface area contributed by atoms with Crippen LogP contribution in [0.15, 0.2) is 81.7 Å². The number of carbonyl (C=O) groups is 1. The maximum absolute atomic E-state index is 13.0. The molecule has 0 fully saturated rings. The van der Waals surface area contributed by atoms with Gasteiger partial charge in [0.2, 0.25) is 5.89 Å². The van der Waals surface area contributed by atoms with Crippen LogP contribution in [0.4, 0.5) is 8.78 Å². The van der Waals surface area contributed by atoms with E-state index in [2.05, 4.69) is 10.2 Å². The molecular formula is C24H21F2N3O4. The molecule has 0 saturated carbocycles. The summed E-state index contributed by atoms with van der Waals surface area (Å²) in [6, 6.07) is 11.8. The third-order valence-corrected chi connectivity index (χ3v) is 5.19. The smallest absolute Gasteiger partial charge is 0.315 e. The Morgan fingerprint density at radius 1 is 1.15 bits per heavy atom. The summed E-state index contributed by atoms with van der Waals surface area (Å²) < 4.78 is 37.2. The number of esters is 1. The molecule has 0 amide bonds. The van der Waals surface area contributed by atoms with Crippen molar-refractivity contribution in [1.29, 1.82) is 0 Å². The molecule has 33 heavy (non-hydrogen) atoms. The fraction of sp³-hybridized carbons (Fsp3) is 0.250. The Labute approximate surface area is 188 Å². The molecule has 1 aliphatic rings. The van der Waals surface area contributed by atoms with Crippen LogP contribution >= 0.6 is 0 Å². The number of alkyl halides is 2. The predicted octanol–water partition coefficient (Wildman–Crippen LogP) is 4.44. The van der Waals surface area contributed by atoms with Gasteiger partial charge in [-0.2, -0.15) is 8.78 Å². The summed E-state index contributed by atoms with van der Waals surface area (Å²) in [6.07, 6.45) is 6.44. The molecule has 0 saturated heterocycles. The van der Waals surface area contributed by atoms with Crippen molar-refractivity contribution >= 4 is 5.97 Å². The number of halogens is 2. The second kappa shape index (κ2) is 10.2. The maximum atomic E-state index is 13.0. The van der Waals surface area contributed by atoms with Gasteiger partial charge in [0.15, 0.2) is 0 Å². The molecule has 0 N–H and O–H groups in total. The van der Waals surface area contributed by atoms with Crippen LogP contribution in [0.1, 0.15) is 36.6 Å². The summed E-state index contributed by atoms with van der Waals surface area (Å²) >= 11 is 0. The lowest BCUT2D eigenvalue weighted by atomic mass is 9.99. The highest BCUT2D eigenvalue weighted by molar-refractivity contribution is 5.78. The van der Waals surface area contributed by atoms with Crippen LogP contribution < -0.4 is 5.56 Å². The zero-order chi connectivity index (χ0) is 23.2. The predicted molar refractivity (Wildman–Crippen MR) is 116 cm³/mol. The summed E-state index contributed by atoms with van der Waals surface area (Å²) in [6.45, 7) is 0.207. The Hall–Kier alpha value is -3.88. The van der Waals surface area contributed by atoms with Crippen LogP contribution in [0.5, 0.6) is 0 Å². The van der Waals surface area contributed by atoms with E-state index in [0.29, 0.717) is 5.56 Å². The topological polar surface area (TPSA) is 87.2 Å². The standard InChI is InChI=1S/C24H21F2N3O4/c25-21(26)23-28-27-22(33-23)18-11-12-29(20(30)13-18)14-19(17-9-5-2-6-10-17)24(31)32-15-16-7-3-1-4-8-16/h2-3,5-13,19,21H,1,4,14-15H2. The number of aromatic nitrogens is 3. The SMILES string of the molecule is O=C(OCC1=CCCC=C1)C(Cn1ccc(-c2nnc(C(F)F)o2)cc1=O)c1ccccc1. The first-order valence-corrected chi connectivity index (χ1v) is 10.4. The van der Waals surface area contributed by atoms with Crippen molar-refractivity contribution in [3.05, 3.63) is 94.3 Å². The average Bonchev–Trinajstić information content (AvgIpc) is 3.34. The third-order valence-electron chi connectivity index (χ3n) is 5.19. The summed E-state index contributed by atoms with van der Waals surface area (Å²) in [5.41, 5.74) is 1.41. The number of hydrogen-bond acceptors (Lipinski definition) is 6. The minimum Gasteiger partial charge on any atom is -0.460 e. The second-order valence-corrected chi connectivity index (χ2v) is 7.48. The monoisotopic (exact) mass is 453 g/mol. The highest BCUT2D eigenvalue weighted by Crippen LogP contribution is 2.23. The van der Waals surface area contributed by atoms with Crippen molar-refractivity contribution in [3.63, 3.8) is 0 Å². The van der Waals surface area contributed by atoms with Crippen LogP contribution in [0, 0.1) is 0 Å². The molecular weight excluding hydrogens is 432 g/mol. The van der Waals surface area contributed by atoms with Gasteiger partial charge in [-0.1, -0.05) is 48.6 Å². The summed E-state index contributed by atoms with van der Waals surface area (Å²) in [5.74, 6) is -2.15. The van der Waals surface area contributed by atoms with E-state index in [1.807, 2.05) is 36.4 Å². The Balaban J connectivity index is 1.54. The highest BCUT2D eigenvalue weighted by atomic mass is 19.3. The largest absolute Gasteiger partial charge is 0.460 e. The van der Waals surface area contributed by atoms with Gasteiger partial charge in [-0.15, -0.1) is 10.2 Å². The van der Waals surface area contributed by atoms with Crippen LogP contribution in [0.3, 0.4) is 0 Å². The van der Waals surface area contributed by atoms with E-state index in [1.165, 1.54) is 22.9 Å². The number of allylic oxidation sites excluding steroid dienone is 2. The van der Waals surface area contributed by atoms with Gasteiger partial charge < -0.3 is 13.7 Å². The maximum Gasteiger partial charge on any atom is 0.315 e. The first-order valence-electron chi connectivity index (χ1n) is 10.4. The molecule has 4 rings (SSSR count). The first kappa shape index (κ1) is 22.3. The fourth-order valence-corrected chi connectivity index (χ4v) is 3.46. The lowest BCUT2D eigenvalue weighted by molar-refractivity contribution is -0.144. The zero-order valence-electron chi connectivity index (χ0n) is 17.6. The molecule has 2 heterocycles. The average molecular weight is 453 g/mol. The summed E-state index contributed by atoms with van der Waals surface area (Å²) in [4.78, 5) is 25.7. The number of nitrogens with zero attached hydrogens (tertiary/aromatic N) is 3. The van der Waals surface area contributed by atoms with Crippen molar-refractivity contribution in [2.24, 2.45) is 0 Å². The molecule has 9 heteroatoms. The van der Waals surface area contributed by atoms with E-state index in [4.69, 9.17) is 9.15 Å². The highest BCUT2D eigenvalue weighted by Gasteiger charge is 2.24. The van der Waals surface area contributed by atoms with E-state index in [0.717, 1.165) is 18.4 Å². The molecule has 1 atom stereocenters. The van der Waals surface area contributed by atoms with Crippen LogP contribution in [0.2, 0.25) is 0 Å². The Morgan fingerprint density at radius 3 is 2.64 bits per heavy atom.